The van der Waals surface area contributed by atoms with E-state index in [2.05, 4.69) is 39.5 Å². The first kappa shape index (κ1) is 25.8. The number of benzene rings is 2. The van der Waals surface area contributed by atoms with E-state index in [-0.39, 0.29) is 34.4 Å². The number of halogens is 2. The number of nitrogens with zero attached hydrogens (tertiary/aromatic N) is 3. The summed E-state index contributed by atoms with van der Waals surface area (Å²) in [7, 11) is 0. The highest BCUT2D eigenvalue weighted by atomic mass is 35.5. The van der Waals surface area contributed by atoms with E-state index < -0.39 is 5.82 Å². The molecule has 1 N–H and O–H groups in total. The monoisotopic (exact) mass is 540 g/mol. The summed E-state index contributed by atoms with van der Waals surface area (Å²) in [4.78, 5) is 34.4. The van der Waals surface area contributed by atoms with Gasteiger partial charge in [0.25, 0.3) is 11.8 Å². The number of nitrogens with one attached hydrogen (secondary N) is 1. The quantitative estimate of drug-likeness (QED) is 0.458. The topological polar surface area (TPSA) is 65.5 Å². The minimum atomic E-state index is -0.600. The lowest BCUT2D eigenvalue weighted by Crippen LogP contribution is -2.44. The van der Waals surface area contributed by atoms with Crippen LogP contribution in [0.1, 0.15) is 63.0 Å². The maximum atomic E-state index is 14.2. The van der Waals surface area contributed by atoms with Crippen molar-refractivity contribution in [3.8, 4) is 0 Å². The highest BCUT2D eigenvalue weighted by Gasteiger charge is 2.29. The standard InChI is InChI=1S/C28H30ClFN4O2S/c29-22-7-4-8-23(30)25(22)28(36)34-15-9-20(10-16-34)27-32-24(18-37-27)26(35)31-21-11-13-33(14-12-21)17-19-5-2-1-3-6-19/h1-8,18,20-21H,9-17H2,(H,31,35). The van der Waals surface area contributed by atoms with Crippen LogP contribution in [0.25, 0.3) is 0 Å². The molecule has 0 radical (unpaired) electrons. The predicted octanol–water partition coefficient (Wildman–Crippen LogP) is 5.35. The van der Waals surface area contributed by atoms with Gasteiger partial charge in [0.1, 0.15) is 11.5 Å². The fourth-order valence-corrected chi connectivity index (χ4v) is 6.32. The summed E-state index contributed by atoms with van der Waals surface area (Å²) in [5, 5.41) is 6.03. The number of hydrogen-bond donors (Lipinski definition) is 1. The zero-order valence-corrected chi connectivity index (χ0v) is 22.1. The van der Waals surface area contributed by atoms with Crippen molar-refractivity contribution in [1.82, 2.24) is 20.1 Å². The number of carbonyl (C=O) groups is 2. The Hall–Kier alpha value is -2.81. The molecular weight excluding hydrogens is 511 g/mol. The lowest BCUT2D eigenvalue weighted by atomic mass is 9.97. The average molecular weight is 541 g/mol. The van der Waals surface area contributed by atoms with Gasteiger partial charge in [0, 0.05) is 50.1 Å². The third kappa shape index (κ3) is 6.20. The highest BCUT2D eigenvalue weighted by molar-refractivity contribution is 7.09. The molecule has 37 heavy (non-hydrogen) atoms. The van der Waals surface area contributed by atoms with Crippen molar-refractivity contribution in [2.45, 2.75) is 44.2 Å². The van der Waals surface area contributed by atoms with Crippen LogP contribution < -0.4 is 5.32 Å². The number of amides is 2. The fourth-order valence-electron chi connectivity index (χ4n) is 5.11. The van der Waals surface area contributed by atoms with E-state index in [1.807, 2.05) is 11.4 Å². The molecule has 6 nitrogen and oxygen atoms in total. The second kappa shape index (κ2) is 11.7. The van der Waals surface area contributed by atoms with Gasteiger partial charge in [0.15, 0.2) is 0 Å². The molecule has 0 atom stereocenters. The van der Waals surface area contributed by atoms with Crippen molar-refractivity contribution in [2.24, 2.45) is 0 Å². The molecule has 194 valence electrons. The summed E-state index contributed by atoms with van der Waals surface area (Å²) < 4.78 is 14.2. The van der Waals surface area contributed by atoms with E-state index in [1.54, 1.807) is 4.90 Å². The summed E-state index contributed by atoms with van der Waals surface area (Å²) in [6, 6.07) is 14.9. The normalized spacial score (nSPS) is 17.6. The Balaban J connectivity index is 1.10. The summed E-state index contributed by atoms with van der Waals surface area (Å²) in [5.41, 5.74) is 1.70. The van der Waals surface area contributed by atoms with E-state index in [9.17, 15) is 14.0 Å². The molecule has 2 aliphatic heterocycles. The average Bonchev–Trinajstić information content (AvgIpc) is 3.41. The van der Waals surface area contributed by atoms with Gasteiger partial charge in [-0.3, -0.25) is 14.5 Å². The van der Waals surface area contributed by atoms with E-state index in [4.69, 9.17) is 11.6 Å². The molecule has 2 saturated heterocycles. The molecule has 2 amide bonds. The Morgan fingerprint density at radius 3 is 2.43 bits per heavy atom. The maximum Gasteiger partial charge on any atom is 0.270 e. The summed E-state index contributed by atoms with van der Waals surface area (Å²) in [6.07, 6.45) is 3.28. The van der Waals surface area contributed by atoms with Gasteiger partial charge in [-0.25, -0.2) is 9.37 Å². The fraction of sp³-hybridized carbons (Fsp3) is 0.393. The Bertz CT molecular complexity index is 1220. The second-order valence-electron chi connectivity index (χ2n) is 9.74. The molecule has 0 spiro atoms. The number of piperidine rings is 2. The molecule has 2 fully saturated rings. The first-order valence-electron chi connectivity index (χ1n) is 12.7. The third-order valence-corrected chi connectivity index (χ3v) is 8.56. The van der Waals surface area contributed by atoms with Gasteiger partial charge >= 0.3 is 0 Å². The Morgan fingerprint density at radius 2 is 1.73 bits per heavy atom. The van der Waals surface area contributed by atoms with Gasteiger partial charge in [-0.05, 0) is 43.4 Å². The minimum Gasteiger partial charge on any atom is -0.348 e. The molecule has 2 aromatic carbocycles. The van der Waals surface area contributed by atoms with Gasteiger partial charge in [0.2, 0.25) is 0 Å². The van der Waals surface area contributed by atoms with Crippen LogP contribution in [0.3, 0.4) is 0 Å². The number of hydrogen-bond acceptors (Lipinski definition) is 5. The van der Waals surface area contributed by atoms with Crippen LogP contribution in [0.4, 0.5) is 4.39 Å². The molecule has 0 saturated carbocycles. The molecule has 3 heterocycles. The molecule has 5 rings (SSSR count). The lowest BCUT2D eigenvalue weighted by Gasteiger charge is -2.32. The Labute approximate surface area is 225 Å². The molecule has 0 unspecified atom stereocenters. The number of thiazole rings is 1. The zero-order chi connectivity index (χ0) is 25.8. The van der Waals surface area contributed by atoms with E-state index in [0.29, 0.717) is 31.6 Å². The second-order valence-corrected chi connectivity index (χ2v) is 11.0. The first-order valence-corrected chi connectivity index (χ1v) is 14.0. The van der Waals surface area contributed by atoms with Gasteiger partial charge in [-0.2, -0.15) is 0 Å². The van der Waals surface area contributed by atoms with Crippen molar-refractivity contribution < 1.29 is 14.0 Å². The molecule has 3 aromatic rings. The van der Waals surface area contributed by atoms with Crippen molar-refractivity contribution in [3.05, 3.63) is 86.6 Å². The summed E-state index contributed by atoms with van der Waals surface area (Å²) in [5.74, 6) is -0.925. The molecule has 9 heteroatoms. The Kier molecular flexibility index (Phi) is 8.17. The molecule has 0 bridgehead atoms. The SMILES string of the molecule is O=C(NC1CCN(Cc2ccccc2)CC1)c1csc(C2CCN(C(=O)c3c(F)cccc3Cl)CC2)n1. The maximum absolute atomic E-state index is 14.2. The van der Waals surface area contributed by atoms with Crippen LogP contribution in [0.5, 0.6) is 0 Å². The van der Waals surface area contributed by atoms with Crippen LogP contribution in [-0.4, -0.2) is 58.8 Å². The molecule has 2 aliphatic rings. The van der Waals surface area contributed by atoms with Crippen LogP contribution in [0, 0.1) is 5.82 Å². The van der Waals surface area contributed by atoms with Crippen LogP contribution >= 0.6 is 22.9 Å². The first-order chi connectivity index (χ1) is 18.0. The zero-order valence-electron chi connectivity index (χ0n) is 20.5. The summed E-state index contributed by atoms with van der Waals surface area (Å²) >= 11 is 7.57. The van der Waals surface area contributed by atoms with Crippen LogP contribution in [0.2, 0.25) is 5.02 Å². The minimum absolute atomic E-state index is 0.0679. The van der Waals surface area contributed by atoms with Gasteiger partial charge in [-0.1, -0.05) is 48.0 Å². The van der Waals surface area contributed by atoms with Gasteiger partial charge < -0.3 is 10.2 Å². The van der Waals surface area contributed by atoms with Crippen LogP contribution in [0.15, 0.2) is 53.9 Å². The summed E-state index contributed by atoms with van der Waals surface area (Å²) in [6.45, 7) is 3.84. The molecule has 1 aromatic heterocycles. The van der Waals surface area contributed by atoms with Crippen molar-refractivity contribution in [1.29, 1.82) is 0 Å². The van der Waals surface area contributed by atoms with Gasteiger partial charge in [0.05, 0.1) is 15.6 Å². The molecule has 0 aliphatic carbocycles. The number of carbonyl (C=O) groups excluding carboxylic acids is 2. The highest BCUT2D eigenvalue weighted by Crippen LogP contribution is 2.32. The lowest BCUT2D eigenvalue weighted by molar-refractivity contribution is 0.0708. The number of rotatable bonds is 6. The number of aromatic nitrogens is 1. The van der Waals surface area contributed by atoms with Gasteiger partial charge in [-0.15, -0.1) is 11.3 Å². The van der Waals surface area contributed by atoms with Crippen molar-refractivity contribution >= 4 is 34.8 Å². The third-order valence-electron chi connectivity index (χ3n) is 7.23. The van der Waals surface area contributed by atoms with E-state index in [1.165, 1.54) is 35.1 Å². The molecular formula is C28H30ClFN4O2S. The Morgan fingerprint density at radius 1 is 1.00 bits per heavy atom. The van der Waals surface area contributed by atoms with Crippen LogP contribution in [-0.2, 0) is 6.54 Å². The predicted molar refractivity (Wildman–Crippen MR) is 144 cm³/mol. The van der Waals surface area contributed by atoms with Crippen molar-refractivity contribution in [3.63, 3.8) is 0 Å². The number of likely N-dealkylation sites (tertiary alicyclic amines) is 2. The van der Waals surface area contributed by atoms with E-state index >= 15 is 0 Å². The largest absolute Gasteiger partial charge is 0.348 e. The van der Waals surface area contributed by atoms with Crippen molar-refractivity contribution in [2.75, 3.05) is 26.2 Å². The van der Waals surface area contributed by atoms with E-state index in [0.717, 1.165) is 37.5 Å². The smallest absolute Gasteiger partial charge is 0.270 e.